The lowest BCUT2D eigenvalue weighted by atomic mass is 10.2. The molecule has 102 valence electrons. The molecule has 0 bridgehead atoms. The summed E-state index contributed by atoms with van der Waals surface area (Å²) in [5, 5.41) is 2.48. The fraction of sp³-hybridized carbons (Fsp3) is 0.400. The van der Waals surface area contributed by atoms with Crippen LogP contribution in [-0.4, -0.2) is 25.9 Å². The molecule has 0 radical (unpaired) electrons. The van der Waals surface area contributed by atoms with Crippen LogP contribution >= 0.6 is 0 Å². The monoisotopic (exact) mass is 270 g/mol. The molecule has 0 aliphatic carbocycles. The second-order valence-electron chi connectivity index (χ2n) is 3.44. The van der Waals surface area contributed by atoms with Crippen molar-refractivity contribution in [2.24, 2.45) is 0 Å². The summed E-state index contributed by atoms with van der Waals surface area (Å²) in [4.78, 5) is 0. The van der Waals surface area contributed by atoms with Crippen molar-refractivity contribution >= 4 is 11.4 Å². The van der Waals surface area contributed by atoms with Crippen molar-refractivity contribution in [3.63, 3.8) is 0 Å². The first-order valence-corrected chi connectivity index (χ1v) is 4.92. The van der Waals surface area contributed by atoms with Crippen molar-refractivity contribution in [1.29, 1.82) is 0 Å². The molecular formula is C10H11F5N2O. The maximum atomic E-state index is 13.0. The highest BCUT2D eigenvalue weighted by molar-refractivity contribution is 5.66. The minimum atomic E-state index is -4.40. The molecular weight excluding hydrogens is 259 g/mol. The van der Waals surface area contributed by atoms with E-state index in [0.717, 1.165) is 6.07 Å². The maximum absolute atomic E-state index is 13.0. The highest BCUT2D eigenvalue weighted by Gasteiger charge is 2.27. The smallest absolute Gasteiger partial charge is 0.395 e. The first kappa shape index (κ1) is 14.5. The zero-order chi connectivity index (χ0) is 13.8. The van der Waals surface area contributed by atoms with Crippen LogP contribution in [0.3, 0.4) is 0 Å². The molecule has 0 saturated carbocycles. The first-order valence-electron chi connectivity index (χ1n) is 4.92. The molecule has 0 spiro atoms. The van der Waals surface area contributed by atoms with E-state index in [1.165, 1.54) is 0 Å². The van der Waals surface area contributed by atoms with Gasteiger partial charge in [-0.1, -0.05) is 0 Å². The summed E-state index contributed by atoms with van der Waals surface area (Å²) in [7, 11) is 0. The third kappa shape index (κ3) is 4.74. The lowest BCUT2D eigenvalue weighted by Gasteiger charge is -2.11. The fourth-order valence-electron chi connectivity index (χ4n) is 1.18. The Labute approximate surface area is 99.7 Å². The summed E-state index contributed by atoms with van der Waals surface area (Å²) >= 11 is 0. The molecule has 1 aromatic carbocycles. The Morgan fingerprint density at radius 2 is 1.89 bits per heavy atom. The predicted molar refractivity (Wildman–Crippen MR) is 56.1 cm³/mol. The van der Waals surface area contributed by atoms with Gasteiger partial charge < -0.3 is 15.8 Å². The molecule has 1 rings (SSSR count). The topological polar surface area (TPSA) is 47.3 Å². The van der Waals surface area contributed by atoms with Gasteiger partial charge >= 0.3 is 6.18 Å². The summed E-state index contributed by atoms with van der Waals surface area (Å²) in [5.41, 5.74) is 4.99. The van der Waals surface area contributed by atoms with E-state index in [2.05, 4.69) is 10.1 Å². The Morgan fingerprint density at radius 1 is 1.22 bits per heavy atom. The van der Waals surface area contributed by atoms with Crippen LogP contribution < -0.4 is 11.1 Å². The third-order valence-electron chi connectivity index (χ3n) is 1.92. The van der Waals surface area contributed by atoms with E-state index in [9.17, 15) is 22.0 Å². The largest absolute Gasteiger partial charge is 0.411 e. The number of rotatable bonds is 5. The van der Waals surface area contributed by atoms with Crippen LogP contribution in [0.4, 0.5) is 33.3 Å². The second-order valence-corrected chi connectivity index (χ2v) is 3.44. The number of nitrogens with one attached hydrogen (secondary N) is 1. The van der Waals surface area contributed by atoms with Crippen LogP contribution in [0.2, 0.25) is 0 Å². The highest BCUT2D eigenvalue weighted by Crippen LogP contribution is 2.23. The molecule has 1 aromatic rings. The van der Waals surface area contributed by atoms with E-state index in [-0.39, 0.29) is 24.5 Å². The Balaban J connectivity index is 2.40. The Hall–Kier alpha value is -1.57. The van der Waals surface area contributed by atoms with Gasteiger partial charge in [0.05, 0.1) is 18.0 Å². The number of hydrogen-bond donors (Lipinski definition) is 2. The van der Waals surface area contributed by atoms with E-state index in [1.807, 2.05) is 0 Å². The number of anilines is 2. The number of benzene rings is 1. The van der Waals surface area contributed by atoms with Gasteiger partial charge in [0.1, 0.15) is 12.4 Å². The number of nitrogens with two attached hydrogens (primary N) is 1. The first-order chi connectivity index (χ1) is 8.29. The normalized spacial score (nSPS) is 11.6. The SMILES string of the molecule is Nc1c(F)cc(F)cc1NCCOCC(F)(F)F. The minimum absolute atomic E-state index is 0.0249. The molecule has 0 fully saturated rings. The molecule has 0 aliphatic heterocycles. The third-order valence-corrected chi connectivity index (χ3v) is 1.92. The van der Waals surface area contributed by atoms with Crippen molar-refractivity contribution in [3.8, 4) is 0 Å². The van der Waals surface area contributed by atoms with Crippen molar-refractivity contribution in [2.75, 3.05) is 30.8 Å². The molecule has 3 N–H and O–H groups in total. The number of alkyl halides is 3. The second kappa shape index (κ2) is 5.85. The number of ether oxygens (including phenoxy) is 1. The zero-order valence-electron chi connectivity index (χ0n) is 9.15. The van der Waals surface area contributed by atoms with E-state index >= 15 is 0 Å². The van der Waals surface area contributed by atoms with Gasteiger partial charge in [-0.15, -0.1) is 0 Å². The zero-order valence-corrected chi connectivity index (χ0v) is 9.15. The van der Waals surface area contributed by atoms with Crippen LogP contribution in [0, 0.1) is 11.6 Å². The minimum Gasteiger partial charge on any atom is -0.395 e. The number of halogens is 5. The van der Waals surface area contributed by atoms with Crippen LogP contribution in [0.1, 0.15) is 0 Å². The lowest BCUT2D eigenvalue weighted by molar-refractivity contribution is -0.172. The number of hydrogen-bond acceptors (Lipinski definition) is 3. The highest BCUT2D eigenvalue weighted by atomic mass is 19.4. The summed E-state index contributed by atoms with van der Waals surface area (Å²) < 4.78 is 65.2. The lowest BCUT2D eigenvalue weighted by Crippen LogP contribution is -2.20. The van der Waals surface area contributed by atoms with E-state index in [1.54, 1.807) is 0 Å². The predicted octanol–water partition coefficient (Wildman–Crippen LogP) is 2.54. The Kier molecular flexibility index (Phi) is 4.71. The van der Waals surface area contributed by atoms with Gasteiger partial charge in [0, 0.05) is 12.6 Å². The van der Waals surface area contributed by atoms with E-state index in [0.29, 0.717) is 6.07 Å². The van der Waals surface area contributed by atoms with Crippen LogP contribution in [-0.2, 0) is 4.74 Å². The summed E-state index contributed by atoms with van der Waals surface area (Å²) in [6.45, 7) is -1.69. The van der Waals surface area contributed by atoms with Crippen molar-refractivity contribution in [2.45, 2.75) is 6.18 Å². The molecule has 0 aliphatic rings. The molecule has 0 amide bonds. The van der Waals surface area contributed by atoms with Crippen molar-refractivity contribution < 1.29 is 26.7 Å². The van der Waals surface area contributed by atoms with Crippen molar-refractivity contribution in [3.05, 3.63) is 23.8 Å². The molecule has 0 heterocycles. The van der Waals surface area contributed by atoms with Gasteiger partial charge in [-0.05, 0) is 6.07 Å². The van der Waals surface area contributed by atoms with Gasteiger partial charge in [-0.25, -0.2) is 8.78 Å². The summed E-state index contributed by atoms with van der Waals surface area (Å²) in [5.74, 6) is -1.77. The molecule has 0 unspecified atom stereocenters. The van der Waals surface area contributed by atoms with Crippen LogP contribution in [0.25, 0.3) is 0 Å². The Morgan fingerprint density at radius 3 is 2.50 bits per heavy atom. The Bertz CT molecular complexity index is 408. The summed E-state index contributed by atoms with van der Waals surface area (Å²) in [6.07, 6.45) is -4.40. The van der Waals surface area contributed by atoms with Gasteiger partial charge in [0.2, 0.25) is 0 Å². The molecule has 0 saturated heterocycles. The molecule has 0 atom stereocenters. The average Bonchev–Trinajstić information content (AvgIpc) is 2.22. The molecule has 0 aromatic heterocycles. The molecule has 3 nitrogen and oxygen atoms in total. The van der Waals surface area contributed by atoms with Gasteiger partial charge in [-0.3, -0.25) is 0 Å². The van der Waals surface area contributed by atoms with Gasteiger partial charge in [-0.2, -0.15) is 13.2 Å². The van der Waals surface area contributed by atoms with Gasteiger partial charge in [0.15, 0.2) is 5.82 Å². The van der Waals surface area contributed by atoms with Crippen LogP contribution in [0.5, 0.6) is 0 Å². The van der Waals surface area contributed by atoms with E-state index < -0.39 is 24.4 Å². The van der Waals surface area contributed by atoms with Crippen molar-refractivity contribution in [1.82, 2.24) is 0 Å². The van der Waals surface area contributed by atoms with Crippen LogP contribution in [0.15, 0.2) is 12.1 Å². The average molecular weight is 270 g/mol. The molecule has 8 heteroatoms. The quantitative estimate of drug-likeness (QED) is 0.491. The number of nitrogen functional groups attached to an aromatic ring is 1. The fourth-order valence-corrected chi connectivity index (χ4v) is 1.18. The van der Waals surface area contributed by atoms with Gasteiger partial charge in [0.25, 0.3) is 0 Å². The summed E-state index contributed by atoms with van der Waals surface area (Å²) in [6, 6.07) is 1.56. The standard InChI is InChI=1S/C10H11F5N2O/c11-6-3-7(12)9(16)8(4-6)17-1-2-18-5-10(13,14)15/h3-4,17H,1-2,5,16H2. The van der Waals surface area contributed by atoms with E-state index in [4.69, 9.17) is 5.73 Å². The maximum Gasteiger partial charge on any atom is 0.411 e. The molecule has 18 heavy (non-hydrogen) atoms.